The molecule has 0 bridgehead atoms. The van der Waals surface area contributed by atoms with Crippen molar-refractivity contribution < 1.29 is 4.79 Å². The Balaban J connectivity index is 2.72. The second kappa shape index (κ2) is 6.06. The van der Waals surface area contributed by atoms with Crippen molar-refractivity contribution in [2.75, 3.05) is 12.3 Å². The zero-order valence-corrected chi connectivity index (χ0v) is 10.5. The summed E-state index contributed by atoms with van der Waals surface area (Å²) < 4.78 is 1.52. The monoisotopic (exact) mass is 298 g/mol. The van der Waals surface area contributed by atoms with E-state index in [2.05, 4.69) is 21.2 Å². The minimum absolute atomic E-state index is 0.117. The van der Waals surface area contributed by atoms with E-state index in [4.69, 9.17) is 11.0 Å². The number of halogens is 1. The maximum Gasteiger partial charge on any atom is 0.265 e. The molecule has 0 atom stereocenters. The highest BCUT2D eigenvalue weighted by Gasteiger charge is 2.07. The Kier molecular flexibility index (Phi) is 4.72. The van der Waals surface area contributed by atoms with E-state index in [1.807, 2.05) is 6.07 Å². The number of nitrogens with one attached hydrogen (secondary N) is 1. The van der Waals surface area contributed by atoms with Crippen LogP contribution in [0, 0.1) is 11.3 Å². The van der Waals surface area contributed by atoms with Crippen molar-refractivity contribution in [3.05, 3.63) is 27.1 Å². The number of nitrogens with zero attached hydrogens (tertiary/aromatic N) is 2. The van der Waals surface area contributed by atoms with Gasteiger partial charge in [0.25, 0.3) is 5.56 Å². The van der Waals surface area contributed by atoms with Crippen molar-refractivity contribution >= 4 is 27.5 Å². The third kappa shape index (κ3) is 3.92. The lowest BCUT2D eigenvalue weighted by atomic mass is 10.4. The van der Waals surface area contributed by atoms with E-state index in [1.54, 1.807) is 0 Å². The smallest absolute Gasteiger partial charge is 0.265 e. The number of aromatic nitrogens is 1. The molecule has 6 nitrogen and oxygen atoms in total. The van der Waals surface area contributed by atoms with E-state index < -0.39 is 0 Å². The van der Waals surface area contributed by atoms with Gasteiger partial charge in [-0.1, -0.05) is 0 Å². The van der Waals surface area contributed by atoms with Gasteiger partial charge < -0.3 is 15.6 Å². The van der Waals surface area contributed by atoms with Gasteiger partial charge in [0.2, 0.25) is 5.91 Å². The van der Waals surface area contributed by atoms with Crippen LogP contribution in [0.5, 0.6) is 0 Å². The number of amides is 1. The maximum absolute atomic E-state index is 11.6. The Labute approximate surface area is 106 Å². The van der Waals surface area contributed by atoms with Crippen molar-refractivity contribution in [1.29, 1.82) is 5.26 Å². The number of carbonyl (C=O) groups excluding carboxylic acids is 1. The third-order valence-corrected chi connectivity index (χ3v) is 2.50. The molecule has 0 saturated heterocycles. The molecular weight excluding hydrogens is 288 g/mol. The number of hydrogen-bond donors (Lipinski definition) is 2. The molecule has 1 aromatic rings. The fourth-order valence-electron chi connectivity index (χ4n) is 1.21. The largest absolute Gasteiger partial charge is 0.398 e. The van der Waals surface area contributed by atoms with Crippen molar-refractivity contribution in [1.82, 2.24) is 9.88 Å². The molecule has 0 unspecified atom stereocenters. The summed E-state index contributed by atoms with van der Waals surface area (Å²) in [6, 6.07) is 3.38. The van der Waals surface area contributed by atoms with Crippen LogP contribution < -0.4 is 16.6 Å². The fraction of sp³-hybridized carbons (Fsp3) is 0.300. The van der Waals surface area contributed by atoms with E-state index in [0.717, 1.165) is 0 Å². The Hall–Kier alpha value is -1.81. The molecule has 0 aliphatic carbocycles. The topological polar surface area (TPSA) is 101 Å². The first kappa shape index (κ1) is 13.3. The van der Waals surface area contributed by atoms with Gasteiger partial charge in [0.1, 0.15) is 6.54 Å². The number of anilines is 1. The number of nitrogen functional groups attached to an aromatic ring is 1. The number of rotatable bonds is 4. The van der Waals surface area contributed by atoms with Crippen LogP contribution >= 0.6 is 15.9 Å². The molecule has 90 valence electrons. The molecule has 0 radical (unpaired) electrons. The lowest BCUT2D eigenvalue weighted by molar-refractivity contribution is -0.121. The predicted octanol–water partition coefficient (Wildman–Crippen LogP) is 0.223. The molecule has 1 heterocycles. The van der Waals surface area contributed by atoms with Gasteiger partial charge in [0.15, 0.2) is 0 Å². The first-order valence-corrected chi connectivity index (χ1v) is 5.63. The van der Waals surface area contributed by atoms with Gasteiger partial charge in [0, 0.05) is 18.4 Å². The molecule has 1 aromatic heterocycles. The average molecular weight is 299 g/mol. The molecule has 1 amide bonds. The van der Waals surface area contributed by atoms with Gasteiger partial charge in [-0.05, 0) is 22.0 Å². The SMILES string of the molecule is N#CCCNC(=O)Cn1cc(N)cc(Br)c1=O. The number of nitriles is 1. The Bertz CT molecular complexity index is 518. The van der Waals surface area contributed by atoms with Crippen LogP contribution in [0.4, 0.5) is 5.69 Å². The first-order valence-electron chi connectivity index (χ1n) is 4.83. The van der Waals surface area contributed by atoms with E-state index >= 15 is 0 Å². The second-order valence-electron chi connectivity index (χ2n) is 3.31. The fourth-order valence-corrected chi connectivity index (χ4v) is 1.70. The number of pyridine rings is 1. The predicted molar refractivity (Wildman–Crippen MR) is 66.1 cm³/mol. The van der Waals surface area contributed by atoms with Gasteiger partial charge >= 0.3 is 0 Å². The van der Waals surface area contributed by atoms with Crippen LogP contribution in [0.2, 0.25) is 0 Å². The zero-order chi connectivity index (χ0) is 12.8. The summed E-state index contributed by atoms with van der Waals surface area (Å²) in [5.74, 6) is -0.333. The summed E-state index contributed by atoms with van der Waals surface area (Å²) in [5, 5.41) is 10.8. The van der Waals surface area contributed by atoms with Gasteiger partial charge in [0.05, 0.1) is 17.0 Å². The molecule has 0 aliphatic heterocycles. The van der Waals surface area contributed by atoms with E-state index in [1.165, 1.54) is 16.8 Å². The molecular formula is C10H11BrN4O2. The molecule has 17 heavy (non-hydrogen) atoms. The minimum atomic E-state index is -0.333. The van der Waals surface area contributed by atoms with Crippen LogP contribution in [0.15, 0.2) is 21.5 Å². The number of hydrogen-bond acceptors (Lipinski definition) is 4. The van der Waals surface area contributed by atoms with Crippen molar-refractivity contribution in [3.8, 4) is 6.07 Å². The van der Waals surface area contributed by atoms with Gasteiger partial charge in [-0.15, -0.1) is 0 Å². The van der Waals surface area contributed by atoms with E-state index in [0.29, 0.717) is 10.2 Å². The molecule has 0 aliphatic rings. The highest BCUT2D eigenvalue weighted by Crippen LogP contribution is 2.07. The molecule has 3 N–H and O–H groups in total. The Morgan fingerprint density at radius 1 is 1.65 bits per heavy atom. The Morgan fingerprint density at radius 2 is 2.35 bits per heavy atom. The lowest BCUT2D eigenvalue weighted by Crippen LogP contribution is -2.32. The highest BCUT2D eigenvalue weighted by atomic mass is 79.9. The van der Waals surface area contributed by atoms with Crippen LogP contribution in [0.1, 0.15) is 6.42 Å². The zero-order valence-electron chi connectivity index (χ0n) is 8.94. The van der Waals surface area contributed by atoms with Crippen molar-refractivity contribution in [2.45, 2.75) is 13.0 Å². The highest BCUT2D eigenvalue weighted by molar-refractivity contribution is 9.10. The standard InChI is InChI=1S/C10H11BrN4O2/c11-8-4-7(13)5-15(10(8)17)6-9(16)14-3-1-2-12/h4-5H,1,3,6,13H2,(H,14,16). The molecule has 7 heteroatoms. The van der Waals surface area contributed by atoms with Gasteiger partial charge in [-0.25, -0.2) is 0 Å². The average Bonchev–Trinajstić information content (AvgIpc) is 2.25. The normalized spacial score (nSPS) is 9.65. The van der Waals surface area contributed by atoms with Crippen LogP contribution in [0.3, 0.4) is 0 Å². The van der Waals surface area contributed by atoms with Crippen molar-refractivity contribution in [2.24, 2.45) is 0 Å². The van der Waals surface area contributed by atoms with Gasteiger partial charge in [-0.2, -0.15) is 5.26 Å². The molecule has 0 aromatic carbocycles. The number of carbonyl (C=O) groups is 1. The van der Waals surface area contributed by atoms with Crippen LogP contribution in [-0.2, 0) is 11.3 Å². The summed E-state index contributed by atoms with van der Waals surface area (Å²) in [6.07, 6.45) is 1.64. The number of nitrogens with two attached hydrogens (primary N) is 1. The second-order valence-corrected chi connectivity index (χ2v) is 4.17. The molecule has 0 saturated carbocycles. The summed E-state index contributed by atoms with van der Waals surface area (Å²) in [7, 11) is 0. The van der Waals surface area contributed by atoms with E-state index in [-0.39, 0.29) is 31.0 Å². The van der Waals surface area contributed by atoms with Crippen LogP contribution in [0.25, 0.3) is 0 Å². The molecule has 0 fully saturated rings. The summed E-state index contributed by atoms with van der Waals surface area (Å²) in [5.41, 5.74) is 5.63. The maximum atomic E-state index is 11.6. The third-order valence-electron chi connectivity index (χ3n) is 1.94. The van der Waals surface area contributed by atoms with E-state index in [9.17, 15) is 9.59 Å². The molecule has 0 spiro atoms. The van der Waals surface area contributed by atoms with Gasteiger partial charge in [-0.3, -0.25) is 9.59 Å². The lowest BCUT2D eigenvalue weighted by Gasteiger charge is -2.07. The minimum Gasteiger partial charge on any atom is -0.398 e. The first-order chi connectivity index (χ1) is 8.04. The quantitative estimate of drug-likeness (QED) is 0.777. The van der Waals surface area contributed by atoms with Crippen molar-refractivity contribution in [3.63, 3.8) is 0 Å². The Morgan fingerprint density at radius 3 is 3.00 bits per heavy atom. The van der Waals surface area contributed by atoms with Crippen LogP contribution in [-0.4, -0.2) is 17.0 Å². The summed E-state index contributed by atoms with van der Waals surface area (Å²) in [4.78, 5) is 23.0. The molecule has 1 rings (SSSR count). The summed E-state index contributed by atoms with van der Waals surface area (Å²) in [6.45, 7) is 0.154. The summed E-state index contributed by atoms with van der Waals surface area (Å²) >= 11 is 3.06.